The lowest BCUT2D eigenvalue weighted by Crippen LogP contribution is -3.00. The van der Waals surface area contributed by atoms with Crippen LogP contribution in [-0.2, 0) is 4.74 Å². The van der Waals surface area contributed by atoms with Crippen LogP contribution in [0.4, 0.5) is 0 Å². The van der Waals surface area contributed by atoms with E-state index in [0.29, 0.717) is 0 Å². The smallest absolute Gasteiger partial charge is 0.102 e. The molecule has 0 amide bonds. The van der Waals surface area contributed by atoms with Gasteiger partial charge in [0.2, 0.25) is 0 Å². The Morgan fingerprint density at radius 1 is 1.00 bits per heavy atom. The Bertz CT molecular complexity index is 109. The summed E-state index contributed by atoms with van der Waals surface area (Å²) in [4.78, 5) is 0. The molecule has 1 fully saturated rings. The standard InChI is InChI=1S/C10H22NO.BrH/c1-3-5-11(6-4-2)7-9-12-10-8-11;/h3-10H2,1-2H3;1H/q+1;/p-1. The number of ether oxygens (including phenoxy) is 1. The van der Waals surface area contributed by atoms with Crippen molar-refractivity contribution >= 4 is 0 Å². The number of nitrogens with zero attached hydrogens (tertiary/aromatic N) is 1. The molecule has 80 valence electrons. The van der Waals surface area contributed by atoms with Gasteiger partial charge in [0.25, 0.3) is 0 Å². The average molecular weight is 252 g/mol. The summed E-state index contributed by atoms with van der Waals surface area (Å²) in [5.41, 5.74) is 0. The van der Waals surface area contributed by atoms with Crippen molar-refractivity contribution in [1.82, 2.24) is 0 Å². The minimum atomic E-state index is 0. The van der Waals surface area contributed by atoms with Gasteiger partial charge in [-0.25, -0.2) is 0 Å². The molecule has 13 heavy (non-hydrogen) atoms. The van der Waals surface area contributed by atoms with Crippen molar-refractivity contribution in [2.75, 3.05) is 39.4 Å². The highest BCUT2D eigenvalue weighted by Gasteiger charge is 2.27. The third-order valence-electron chi connectivity index (χ3n) is 2.82. The van der Waals surface area contributed by atoms with Crippen molar-refractivity contribution in [2.45, 2.75) is 26.7 Å². The minimum absolute atomic E-state index is 0. The van der Waals surface area contributed by atoms with Gasteiger partial charge in [0.05, 0.1) is 26.3 Å². The van der Waals surface area contributed by atoms with Gasteiger partial charge in [-0.2, -0.15) is 0 Å². The minimum Gasteiger partial charge on any atom is -1.00 e. The Balaban J connectivity index is 0.00000144. The topological polar surface area (TPSA) is 9.23 Å². The van der Waals surface area contributed by atoms with Crippen molar-refractivity contribution < 1.29 is 26.2 Å². The molecule has 3 heteroatoms. The van der Waals surface area contributed by atoms with Gasteiger partial charge < -0.3 is 26.2 Å². The van der Waals surface area contributed by atoms with Crippen LogP contribution in [0, 0.1) is 0 Å². The molecule has 1 aliphatic heterocycles. The molecule has 0 aromatic heterocycles. The predicted octanol–water partition coefficient (Wildman–Crippen LogP) is -1.34. The fourth-order valence-corrected chi connectivity index (χ4v) is 2.24. The molecule has 0 aromatic rings. The van der Waals surface area contributed by atoms with E-state index >= 15 is 0 Å². The van der Waals surface area contributed by atoms with E-state index in [1.165, 1.54) is 43.5 Å². The first kappa shape index (κ1) is 13.4. The van der Waals surface area contributed by atoms with E-state index in [1.54, 1.807) is 0 Å². The molecule has 0 saturated carbocycles. The number of quaternary nitrogens is 1. The molecular formula is C10H22BrNO. The highest BCUT2D eigenvalue weighted by molar-refractivity contribution is 4.49. The number of hydrogen-bond donors (Lipinski definition) is 0. The van der Waals surface area contributed by atoms with Gasteiger partial charge in [-0.05, 0) is 12.8 Å². The zero-order chi connectivity index (χ0) is 8.86. The predicted molar refractivity (Wildman–Crippen MR) is 51.1 cm³/mol. The Labute approximate surface area is 92.6 Å². The van der Waals surface area contributed by atoms with E-state index in [0.717, 1.165) is 13.2 Å². The molecule has 1 rings (SSSR count). The molecule has 0 aliphatic carbocycles. The fraction of sp³-hybridized carbons (Fsp3) is 1.00. The summed E-state index contributed by atoms with van der Waals surface area (Å²) in [6, 6.07) is 0. The van der Waals surface area contributed by atoms with E-state index in [9.17, 15) is 0 Å². The Morgan fingerprint density at radius 3 is 1.85 bits per heavy atom. The number of morpholine rings is 1. The van der Waals surface area contributed by atoms with E-state index in [4.69, 9.17) is 4.74 Å². The molecule has 0 bridgehead atoms. The van der Waals surface area contributed by atoms with Gasteiger partial charge in [-0.15, -0.1) is 0 Å². The lowest BCUT2D eigenvalue weighted by molar-refractivity contribution is -0.935. The second-order valence-electron chi connectivity index (χ2n) is 3.85. The van der Waals surface area contributed by atoms with Crippen molar-refractivity contribution in [3.05, 3.63) is 0 Å². The average Bonchev–Trinajstić information content (AvgIpc) is 2.07. The normalized spacial score (nSPS) is 20.8. The summed E-state index contributed by atoms with van der Waals surface area (Å²) in [6.07, 6.45) is 2.61. The van der Waals surface area contributed by atoms with Gasteiger partial charge in [0.1, 0.15) is 13.1 Å². The van der Waals surface area contributed by atoms with Crippen LogP contribution in [0.25, 0.3) is 0 Å². The SMILES string of the molecule is CCC[N+]1(CCC)CCOCC1.[Br-]. The van der Waals surface area contributed by atoms with Crippen LogP contribution in [0.3, 0.4) is 0 Å². The second kappa shape index (κ2) is 6.80. The van der Waals surface area contributed by atoms with Gasteiger partial charge in [-0.3, -0.25) is 0 Å². The van der Waals surface area contributed by atoms with Gasteiger partial charge in [0.15, 0.2) is 0 Å². The molecule has 0 atom stereocenters. The van der Waals surface area contributed by atoms with E-state index < -0.39 is 0 Å². The molecule has 2 nitrogen and oxygen atoms in total. The molecule has 0 N–H and O–H groups in total. The summed E-state index contributed by atoms with van der Waals surface area (Å²) in [5.74, 6) is 0. The first-order valence-corrected chi connectivity index (χ1v) is 5.26. The molecule has 0 aromatic carbocycles. The van der Waals surface area contributed by atoms with Crippen LogP contribution in [0.15, 0.2) is 0 Å². The summed E-state index contributed by atoms with van der Waals surface area (Å²) in [7, 11) is 0. The Kier molecular flexibility index (Phi) is 7.00. The lowest BCUT2D eigenvalue weighted by Gasteiger charge is -2.41. The first-order valence-electron chi connectivity index (χ1n) is 5.26. The van der Waals surface area contributed by atoms with Crippen molar-refractivity contribution in [3.63, 3.8) is 0 Å². The van der Waals surface area contributed by atoms with Crippen LogP contribution in [0.1, 0.15) is 26.7 Å². The summed E-state index contributed by atoms with van der Waals surface area (Å²) in [6.45, 7) is 11.7. The summed E-state index contributed by atoms with van der Waals surface area (Å²) < 4.78 is 6.71. The molecule has 1 saturated heterocycles. The van der Waals surface area contributed by atoms with Crippen LogP contribution in [-0.4, -0.2) is 43.9 Å². The van der Waals surface area contributed by atoms with E-state index in [2.05, 4.69) is 13.8 Å². The zero-order valence-corrected chi connectivity index (χ0v) is 10.5. The Morgan fingerprint density at radius 2 is 1.46 bits per heavy atom. The second-order valence-corrected chi connectivity index (χ2v) is 3.85. The highest BCUT2D eigenvalue weighted by Crippen LogP contribution is 2.13. The third-order valence-corrected chi connectivity index (χ3v) is 2.82. The largest absolute Gasteiger partial charge is 1.00 e. The monoisotopic (exact) mass is 251 g/mol. The molecular weight excluding hydrogens is 230 g/mol. The van der Waals surface area contributed by atoms with Gasteiger partial charge >= 0.3 is 0 Å². The number of hydrogen-bond acceptors (Lipinski definition) is 1. The maximum absolute atomic E-state index is 5.40. The third kappa shape index (κ3) is 3.96. The summed E-state index contributed by atoms with van der Waals surface area (Å²) in [5, 5.41) is 0. The highest BCUT2D eigenvalue weighted by atomic mass is 79.9. The maximum atomic E-state index is 5.40. The van der Waals surface area contributed by atoms with Gasteiger partial charge in [0, 0.05) is 0 Å². The van der Waals surface area contributed by atoms with Crippen LogP contribution >= 0.6 is 0 Å². The van der Waals surface area contributed by atoms with Crippen molar-refractivity contribution in [3.8, 4) is 0 Å². The number of halogens is 1. The molecule has 0 spiro atoms. The molecule has 0 radical (unpaired) electrons. The molecule has 0 unspecified atom stereocenters. The Hall–Kier alpha value is 0.400. The van der Waals surface area contributed by atoms with Crippen LogP contribution in [0.2, 0.25) is 0 Å². The molecule has 1 aliphatic rings. The van der Waals surface area contributed by atoms with Crippen molar-refractivity contribution in [1.29, 1.82) is 0 Å². The lowest BCUT2D eigenvalue weighted by atomic mass is 10.2. The first-order chi connectivity index (χ1) is 5.83. The fourth-order valence-electron chi connectivity index (χ4n) is 2.24. The zero-order valence-electron chi connectivity index (χ0n) is 8.89. The van der Waals surface area contributed by atoms with E-state index in [-0.39, 0.29) is 17.0 Å². The van der Waals surface area contributed by atoms with Crippen molar-refractivity contribution in [2.24, 2.45) is 0 Å². The quantitative estimate of drug-likeness (QED) is 0.563. The van der Waals surface area contributed by atoms with E-state index in [1.807, 2.05) is 0 Å². The molecule has 1 heterocycles. The van der Waals surface area contributed by atoms with Crippen LogP contribution in [0.5, 0.6) is 0 Å². The number of rotatable bonds is 4. The maximum Gasteiger partial charge on any atom is 0.102 e. The van der Waals surface area contributed by atoms with Gasteiger partial charge in [-0.1, -0.05) is 13.8 Å². The van der Waals surface area contributed by atoms with Crippen LogP contribution < -0.4 is 17.0 Å². The summed E-state index contributed by atoms with van der Waals surface area (Å²) >= 11 is 0.